The number of nitrogen functional groups attached to an aromatic ring is 1. The molecular formula is C15H20N4OS. The van der Waals surface area contributed by atoms with Crippen LogP contribution in [0.2, 0.25) is 0 Å². The third kappa shape index (κ3) is 4.26. The van der Waals surface area contributed by atoms with E-state index in [9.17, 15) is 4.79 Å². The molecule has 0 radical (unpaired) electrons. The second-order valence-electron chi connectivity index (χ2n) is 4.85. The molecule has 5 nitrogen and oxygen atoms in total. The van der Waals surface area contributed by atoms with Gasteiger partial charge in [-0.15, -0.1) is 0 Å². The van der Waals surface area contributed by atoms with E-state index in [4.69, 9.17) is 5.84 Å². The number of aromatic nitrogens is 2. The first kappa shape index (κ1) is 15.4. The van der Waals surface area contributed by atoms with Crippen LogP contribution in [0.15, 0.2) is 41.7 Å². The van der Waals surface area contributed by atoms with E-state index in [0.29, 0.717) is 10.9 Å². The Morgan fingerprint density at radius 3 is 2.81 bits per heavy atom. The van der Waals surface area contributed by atoms with Crippen LogP contribution in [0.1, 0.15) is 20.3 Å². The van der Waals surface area contributed by atoms with Gasteiger partial charge in [0, 0.05) is 11.6 Å². The SMILES string of the molecule is CC[C@@H](C)NC(=O)CSc1nc(-c2ccccc2)cn1N. The van der Waals surface area contributed by atoms with Crippen molar-refractivity contribution < 1.29 is 4.79 Å². The number of nitrogens with one attached hydrogen (secondary N) is 1. The number of hydrogen-bond donors (Lipinski definition) is 2. The number of rotatable bonds is 6. The molecule has 0 bridgehead atoms. The minimum Gasteiger partial charge on any atom is -0.353 e. The number of thioether (sulfide) groups is 1. The van der Waals surface area contributed by atoms with Gasteiger partial charge in [0.1, 0.15) is 0 Å². The topological polar surface area (TPSA) is 72.9 Å². The molecule has 0 spiro atoms. The van der Waals surface area contributed by atoms with Gasteiger partial charge in [0.25, 0.3) is 0 Å². The fraction of sp³-hybridized carbons (Fsp3) is 0.333. The Labute approximate surface area is 128 Å². The Morgan fingerprint density at radius 1 is 1.43 bits per heavy atom. The van der Waals surface area contributed by atoms with Crippen LogP contribution < -0.4 is 11.2 Å². The summed E-state index contributed by atoms with van der Waals surface area (Å²) in [7, 11) is 0. The van der Waals surface area contributed by atoms with E-state index in [1.165, 1.54) is 16.4 Å². The van der Waals surface area contributed by atoms with Gasteiger partial charge in [-0.2, -0.15) is 0 Å². The molecule has 0 aliphatic carbocycles. The molecule has 6 heteroatoms. The maximum absolute atomic E-state index is 11.8. The van der Waals surface area contributed by atoms with Crippen molar-refractivity contribution in [1.82, 2.24) is 15.0 Å². The fourth-order valence-electron chi connectivity index (χ4n) is 1.78. The van der Waals surface area contributed by atoms with Crippen molar-refractivity contribution in [3.63, 3.8) is 0 Å². The highest BCUT2D eigenvalue weighted by Crippen LogP contribution is 2.22. The lowest BCUT2D eigenvalue weighted by atomic mass is 10.2. The van der Waals surface area contributed by atoms with Gasteiger partial charge in [-0.3, -0.25) is 4.79 Å². The van der Waals surface area contributed by atoms with Crippen molar-refractivity contribution in [3.05, 3.63) is 36.5 Å². The molecule has 0 fully saturated rings. The molecule has 2 aromatic rings. The summed E-state index contributed by atoms with van der Waals surface area (Å²) in [5.41, 5.74) is 1.82. The summed E-state index contributed by atoms with van der Waals surface area (Å²) in [5, 5.41) is 3.55. The monoisotopic (exact) mass is 304 g/mol. The molecule has 21 heavy (non-hydrogen) atoms. The highest BCUT2D eigenvalue weighted by Gasteiger charge is 2.11. The van der Waals surface area contributed by atoms with Crippen molar-refractivity contribution in [2.24, 2.45) is 0 Å². The number of carbonyl (C=O) groups excluding carboxylic acids is 1. The lowest BCUT2D eigenvalue weighted by Crippen LogP contribution is -2.33. The van der Waals surface area contributed by atoms with Gasteiger partial charge < -0.3 is 11.2 Å². The predicted octanol–water partition coefficient (Wildman–Crippen LogP) is 2.27. The Kier molecular flexibility index (Phi) is 5.27. The molecule has 1 aromatic heterocycles. The van der Waals surface area contributed by atoms with E-state index in [1.807, 2.05) is 44.2 Å². The van der Waals surface area contributed by atoms with Crippen LogP contribution in [0.5, 0.6) is 0 Å². The summed E-state index contributed by atoms with van der Waals surface area (Å²) < 4.78 is 1.46. The minimum atomic E-state index is -0.00129. The molecule has 2 rings (SSSR count). The molecule has 1 amide bonds. The molecule has 0 saturated carbocycles. The van der Waals surface area contributed by atoms with E-state index in [-0.39, 0.29) is 11.9 Å². The molecule has 1 atom stereocenters. The summed E-state index contributed by atoms with van der Waals surface area (Å²) in [5.74, 6) is 6.20. The molecule has 1 aromatic carbocycles. The zero-order valence-electron chi connectivity index (χ0n) is 12.2. The average molecular weight is 304 g/mol. The molecule has 0 aliphatic heterocycles. The van der Waals surface area contributed by atoms with Crippen molar-refractivity contribution in [2.75, 3.05) is 11.6 Å². The molecule has 0 aliphatic rings. The average Bonchev–Trinajstić information content (AvgIpc) is 2.87. The number of benzene rings is 1. The van der Waals surface area contributed by atoms with Crippen LogP contribution in [0.4, 0.5) is 0 Å². The van der Waals surface area contributed by atoms with Gasteiger partial charge in [-0.1, -0.05) is 49.0 Å². The third-order valence-electron chi connectivity index (χ3n) is 3.12. The quantitative estimate of drug-likeness (QED) is 0.634. The molecule has 1 heterocycles. The smallest absolute Gasteiger partial charge is 0.230 e. The van der Waals surface area contributed by atoms with E-state index < -0.39 is 0 Å². The van der Waals surface area contributed by atoms with Gasteiger partial charge in [-0.05, 0) is 13.3 Å². The fourth-order valence-corrected chi connectivity index (χ4v) is 2.49. The van der Waals surface area contributed by atoms with Gasteiger partial charge in [0.2, 0.25) is 5.91 Å². The Bertz CT molecular complexity index is 597. The second-order valence-corrected chi connectivity index (χ2v) is 5.79. The molecule has 112 valence electrons. The number of imidazole rings is 1. The van der Waals surface area contributed by atoms with Crippen molar-refractivity contribution in [1.29, 1.82) is 0 Å². The van der Waals surface area contributed by atoms with Crippen molar-refractivity contribution in [2.45, 2.75) is 31.5 Å². The summed E-state index contributed by atoms with van der Waals surface area (Å²) in [6.45, 7) is 4.02. The number of hydrogen-bond acceptors (Lipinski definition) is 4. The first-order chi connectivity index (χ1) is 10.1. The summed E-state index contributed by atoms with van der Waals surface area (Å²) >= 11 is 1.34. The highest BCUT2D eigenvalue weighted by atomic mass is 32.2. The Morgan fingerprint density at radius 2 is 2.14 bits per heavy atom. The van der Waals surface area contributed by atoms with Crippen LogP contribution in [-0.4, -0.2) is 27.4 Å². The number of nitrogens with two attached hydrogens (primary N) is 1. The lowest BCUT2D eigenvalue weighted by molar-refractivity contribution is -0.119. The van der Waals surface area contributed by atoms with Crippen LogP contribution in [0, 0.1) is 0 Å². The Balaban J connectivity index is 1.99. The standard InChI is InChI=1S/C15H20N4OS/c1-3-11(2)17-14(20)10-21-15-18-13(9-19(15)16)12-7-5-4-6-8-12/h4-9,11H,3,10,16H2,1-2H3,(H,17,20)/t11-/m1/s1. The summed E-state index contributed by atoms with van der Waals surface area (Å²) in [6, 6.07) is 10.0. The van der Waals surface area contributed by atoms with E-state index in [0.717, 1.165) is 17.7 Å². The van der Waals surface area contributed by atoms with Gasteiger partial charge >= 0.3 is 0 Å². The number of nitrogens with zero attached hydrogens (tertiary/aromatic N) is 2. The second kappa shape index (κ2) is 7.17. The van der Waals surface area contributed by atoms with Gasteiger partial charge in [-0.25, -0.2) is 9.66 Å². The largest absolute Gasteiger partial charge is 0.353 e. The Hall–Kier alpha value is -1.95. The van der Waals surface area contributed by atoms with E-state index in [2.05, 4.69) is 10.3 Å². The maximum atomic E-state index is 11.8. The molecular weight excluding hydrogens is 284 g/mol. The first-order valence-corrected chi connectivity index (χ1v) is 7.90. The molecule has 3 N–H and O–H groups in total. The number of amides is 1. The third-order valence-corrected chi connectivity index (χ3v) is 4.09. The first-order valence-electron chi connectivity index (χ1n) is 6.92. The van der Waals surface area contributed by atoms with E-state index in [1.54, 1.807) is 6.20 Å². The van der Waals surface area contributed by atoms with Crippen LogP contribution in [-0.2, 0) is 4.79 Å². The predicted molar refractivity (Wildman–Crippen MR) is 86.4 cm³/mol. The van der Waals surface area contributed by atoms with E-state index >= 15 is 0 Å². The van der Waals surface area contributed by atoms with Crippen molar-refractivity contribution in [3.8, 4) is 11.3 Å². The normalized spacial score (nSPS) is 12.1. The summed E-state index contributed by atoms with van der Waals surface area (Å²) in [4.78, 5) is 16.2. The zero-order chi connectivity index (χ0) is 15.2. The zero-order valence-corrected chi connectivity index (χ0v) is 13.1. The van der Waals surface area contributed by atoms with Gasteiger partial charge in [0.05, 0.1) is 17.6 Å². The van der Waals surface area contributed by atoms with Crippen LogP contribution in [0.3, 0.4) is 0 Å². The molecule has 0 unspecified atom stereocenters. The highest BCUT2D eigenvalue weighted by molar-refractivity contribution is 7.99. The number of carbonyl (C=O) groups is 1. The lowest BCUT2D eigenvalue weighted by Gasteiger charge is -2.10. The maximum Gasteiger partial charge on any atom is 0.230 e. The molecule has 0 saturated heterocycles. The van der Waals surface area contributed by atoms with Crippen LogP contribution >= 0.6 is 11.8 Å². The minimum absolute atomic E-state index is 0.00129. The van der Waals surface area contributed by atoms with Gasteiger partial charge in [0.15, 0.2) is 5.16 Å². The summed E-state index contributed by atoms with van der Waals surface area (Å²) in [6.07, 6.45) is 2.68. The van der Waals surface area contributed by atoms with Crippen molar-refractivity contribution >= 4 is 17.7 Å². The van der Waals surface area contributed by atoms with Crippen LogP contribution in [0.25, 0.3) is 11.3 Å².